The van der Waals surface area contributed by atoms with Gasteiger partial charge in [-0.1, -0.05) is 23.8 Å². The van der Waals surface area contributed by atoms with Gasteiger partial charge in [0.2, 0.25) is 5.91 Å². The molecule has 0 spiro atoms. The maximum atomic E-state index is 13.5. The maximum Gasteiger partial charge on any atom is 0.338 e. The molecule has 8 nitrogen and oxygen atoms in total. The minimum Gasteiger partial charge on any atom is -0.494 e. The van der Waals surface area contributed by atoms with Crippen molar-refractivity contribution in [1.82, 2.24) is 0 Å². The van der Waals surface area contributed by atoms with Gasteiger partial charge in [-0.2, -0.15) is 0 Å². The number of sulfonamides is 1. The van der Waals surface area contributed by atoms with Crippen molar-refractivity contribution in [2.24, 2.45) is 0 Å². The topological polar surface area (TPSA) is 102 Å². The number of anilines is 2. The van der Waals surface area contributed by atoms with Gasteiger partial charge in [0.1, 0.15) is 12.3 Å². The SMILES string of the molecule is CCOC(=O)c1cccc(NC(=O)CN(c2ccc(C)cc2)S(=O)(=O)c2ccc(OCC)cc2)c1. The van der Waals surface area contributed by atoms with E-state index < -0.39 is 28.4 Å². The first-order chi connectivity index (χ1) is 16.7. The quantitative estimate of drug-likeness (QED) is 0.417. The molecule has 184 valence electrons. The fourth-order valence-electron chi connectivity index (χ4n) is 3.30. The Morgan fingerprint density at radius 3 is 2.23 bits per heavy atom. The summed E-state index contributed by atoms with van der Waals surface area (Å²) < 4.78 is 38.5. The molecular formula is C26H28N2O6S. The minimum absolute atomic E-state index is 0.0265. The molecule has 0 aliphatic heterocycles. The number of esters is 1. The Kier molecular flexibility index (Phi) is 8.48. The molecule has 35 heavy (non-hydrogen) atoms. The van der Waals surface area contributed by atoms with Crippen LogP contribution in [-0.4, -0.2) is 40.1 Å². The highest BCUT2D eigenvalue weighted by atomic mass is 32.2. The van der Waals surface area contributed by atoms with E-state index in [2.05, 4.69) is 5.32 Å². The van der Waals surface area contributed by atoms with Crippen molar-refractivity contribution in [3.05, 3.63) is 83.9 Å². The lowest BCUT2D eigenvalue weighted by atomic mass is 10.2. The summed E-state index contributed by atoms with van der Waals surface area (Å²) >= 11 is 0. The summed E-state index contributed by atoms with van der Waals surface area (Å²) in [5, 5.41) is 2.67. The molecule has 0 atom stereocenters. The van der Waals surface area contributed by atoms with Crippen LogP contribution in [0.15, 0.2) is 77.7 Å². The molecule has 0 bridgehead atoms. The van der Waals surface area contributed by atoms with Gasteiger partial charge in [-0.25, -0.2) is 13.2 Å². The van der Waals surface area contributed by atoms with Gasteiger partial charge in [0.15, 0.2) is 0 Å². The number of aryl methyl sites for hydroxylation is 1. The molecule has 0 heterocycles. The Balaban J connectivity index is 1.88. The normalized spacial score (nSPS) is 10.9. The monoisotopic (exact) mass is 496 g/mol. The number of benzene rings is 3. The molecule has 0 aliphatic carbocycles. The number of rotatable bonds is 10. The number of carbonyl (C=O) groups is 2. The van der Waals surface area contributed by atoms with Crippen LogP contribution < -0.4 is 14.4 Å². The van der Waals surface area contributed by atoms with E-state index in [-0.39, 0.29) is 17.1 Å². The van der Waals surface area contributed by atoms with Crippen molar-refractivity contribution in [3.8, 4) is 5.75 Å². The molecule has 1 amide bonds. The number of nitrogens with one attached hydrogen (secondary N) is 1. The Bertz CT molecular complexity index is 1270. The van der Waals surface area contributed by atoms with Crippen molar-refractivity contribution >= 4 is 33.3 Å². The van der Waals surface area contributed by atoms with E-state index >= 15 is 0 Å². The minimum atomic E-state index is -4.07. The third-order valence-corrected chi connectivity index (χ3v) is 6.78. The van der Waals surface area contributed by atoms with Gasteiger partial charge in [-0.3, -0.25) is 9.10 Å². The first-order valence-corrected chi connectivity index (χ1v) is 12.6. The fraction of sp³-hybridized carbons (Fsp3) is 0.231. The van der Waals surface area contributed by atoms with Crippen LogP contribution in [0.25, 0.3) is 0 Å². The lowest BCUT2D eigenvalue weighted by Crippen LogP contribution is -2.38. The average Bonchev–Trinajstić information content (AvgIpc) is 2.84. The van der Waals surface area contributed by atoms with E-state index in [1.807, 2.05) is 13.8 Å². The lowest BCUT2D eigenvalue weighted by Gasteiger charge is -2.24. The van der Waals surface area contributed by atoms with Gasteiger partial charge in [0.05, 0.1) is 29.4 Å². The summed E-state index contributed by atoms with van der Waals surface area (Å²) in [4.78, 5) is 25.0. The zero-order valence-corrected chi connectivity index (χ0v) is 20.7. The molecule has 0 fully saturated rings. The van der Waals surface area contributed by atoms with Crippen LogP contribution in [0.1, 0.15) is 29.8 Å². The van der Waals surface area contributed by atoms with Crippen LogP contribution in [0.4, 0.5) is 11.4 Å². The van der Waals surface area contributed by atoms with Crippen LogP contribution in [0.5, 0.6) is 5.75 Å². The number of hydrogen-bond acceptors (Lipinski definition) is 6. The second-order valence-electron chi connectivity index (χ2n) is 7.60. The summed E-state index contributed by atoms with van der Waals surface area (Å²) in [6.45, 7) is 5.64. The molecule has 3 aromatic carbocycles. The van der Waals surface area contributed by atoms with E-state index in [0.29, 0.717) is 23.7 Å². The Morgan fingerprint density at radius 2 is 1.60 bits per heavy atom. The van der Waals surface area contributed by atoms with Crippen molar-refractivity contribution in [1.29, 1.82) is 0 Å². The maximum absolute atomic E-state index is 13.5. The first-order valence-electron chi connectivity index (χ1n) is 11.1. The van der Waals surface area contributed by atoms with Gasteiger partial charge in [0.25, 0.3) is 10.0 Å². The first kappa shape index (κ1) is 25.8. The molecule has 0 aliphatic rings. The number of ether oxygens (including phenoxy) is 2. The lowest BCUT2D eigenvalue weighted by molar-refractivity contribution is -0.114. The predicted molar refractivity (Wildman–Crippen MR) is 134 cm³/mol. The molecule has 0 aromatic heterocycles. The highest BCUT2D eigenvalue weighted by Crippen LogP contribution is 2.26. The molecule has 0 saturated carbocycles. The third-order valence-electron chi connectivity index (χ3n) is 4.99. The zero-order valence-electron chi connectivity index (χ0n) is 19.9. The van der Waals surface area contributed by atoms with Crippen molar-refractivity contribution in [2.45, 2.75) is 25.7 Å². The molecule has 3 rings (SSSR count). The van der Waals surface area contributed by atoms with Crippen LogP contribution in [0.3, 0.4) is 0 Å². The van der Waals surface area contributed by atoms with E-state index in [1.165, 1.54) is 18.2 Å². The van der Waals surface area contributed by atoms with Crippen LogP contribution >= 0.6 is 0 Å². The standard InChI is InChI=1S/C26H28N2O6S/c1-4-33-23-13-15-24(16-14-23)35(31,32)28(22-11-9-19(3)10-12-22)18-25(29)27-21-8-6-7-20(17-21)26(30)34-5-2/h6-17H,4-5,18H2,1-3H3,(H,27,29). The second-order valence-corrected chi connectivity index (χ2v) is 9.46. The zero-order chi connectivity index (χ0) is 25.4. The highest BCUT2D eigenvalue weighted by Gasteiger charge is 2.27. The molecule has 0 saturated heterocycles. The number of hydrogen-bond donors (Lipinski definition) is 1. The van der Waals surface area contributed by atoms with Gasteiger partial charge in [0, 0.05) is 5.69 Å². The summed E-state index contributed by atoms with van der Waals surface area (Å²) in [6.07, 6.45) is 0. The largest absolute Gasteiger partial charge is 0.494 e. The van der Waals surface area contributed by atoms with Crippen molar-refractivity contribution < 1.29 is 27.5 Å². The fourth-order valence-corrected chi connectivity index (χ4v) is 4.72. The molecule has 0 unspecified atom stereocenters. The summed E-state index contributed by atoms with van der Waals surface area (Å²) in [7, 11) is -4.07. The van der Waals surface area contributed by atoms with Crippen LogP contribution in [0, 0.1) is 6.92 Å². The Labute approximate surface area is 205 Å². The van der Waals surface area contributed by atoms with E-state index in [1.54, 1.807) is 61.5 Å². The van der Waals surface area contributed by atoms with Crippen molar-refractivity contribution in [3.63, 3.8) is 0 Å². The molecule has 0 radical (unpaired) electrons. The van der Waals surface area contributed by atoms with Gasteiger partial charge >= 0.3 is 5.97 Å². The Hall–Kier alpha value is -3.85. The summed E-state index contributed by atoms with van der Waals surface area (Å²) in [5.41, 5.74) is 1.93. The smallest absolute Gasteiger partial charge is 0.338 e. The molecule has 1 N–H and O–H groups in total. The predicted octanol–water partition coefficient (Wildman–Crippen LogP) is 4.40. The Morgan fingerprint density at radius 1 is 0.914 bits per heavy atom. The van der Waals surface area contributed by atoms with Crippen LogP contribution in [0.2, 0.25) is 0 Å². The van der Waals surface area contributed by atoms with Crippen molar-refractivity contribution in [2.75, 3.05) is 29.4 Å². The molecular weight excluding hydrogens is 468 g/mol. The summed E-state index contributed by atoms with van der Waals surface area (Å²) in [6, 6.07) is 19.2. The second kappa shape index (κ2) is 11.5. The average molecular weight is 497 g/mol. The van der Waals surface area contributed by atoms with E-state index in [0.717, 1.165) is 9.87 Å². The molecule has 9 heteroatoms. The highest BCUT2D eigenvalue weighted by molar-refractivity contribution is 7.92. The van der Waals surface area contributed by atoms with Gasteiger partial charge in [-0.05, 0) is 75.4 Å². The third kappa shape index (κ3) is 6.60. The summed E-state index contributed by atoms with van der Waals surface area (Å²) in [5.74, 6) is -0.531. The van der Waals surface area contributed by atoms with Gasteiger partial charge in [-0.15, -0.1) is 0 Å². The number of nitrogens with zero attached hydrogens (tertiary/aromatic N) is 1. The van der Waals surface area contributed by atoms with Crippen LogP contribution in [-0.2, 0) is 19.6 Å². The van der Waals surface area contributed by atoms with E-state index in [9.17, 15) is 18.0 Å². The van der Waals surface area contributed by atoms with Gasteiger partial charge < -0.3 is 14.8 Å². The van der Waals surface area contributed by atoms with E-state index in [4.69, 9.17) is 9.47 Å². The number of carbonyl (C=O) groups excluding carboxylic acids is 2. The number of amides is 1. The molecule has 3 aromatic rings.